The van der Waals surface area contributed by atoms with Gasteiger partial charge in [-0.15, -0.1) is 0 Å². The summed E-state index contributed by atoms with van der Waals surface area (Å²) >= 11 is 0. The van der Waals surface area contributed by atoms with Crippen LogP contribution < -0.4 is 0 Å². The molecule has 0 aliphatic carbocycles. The number of ether oxygens (including phenoxy) is 1. The van der Waals surface area contributed by atoms with E-state index in [1.165, 1.54) is 0 Å². The lowest BCUT2D eigenvalue weighted by molar-refractivity contribution is 0.0566. The second-order valence-electron chi connectivity index (χ2n) is 5.34. The van der Waals surface area contributed by atoms with Crippen molar-refractivity contribution in [1.82, 2.24) is 0 Å². The Hall–Kier alpha value is -1.75. The fourth-order valence-corrected chi connectivity index (χ4v) is 2.31. The van der Waals surface area contributed by atoms with Crippen LogP contribution in [-0.2, 0) is 17.8 Å². The molecule has 0 bridgehead atoms. The lowest BCUT2D eigenvalue weighted by Crippen LogP contribution is -2.37. The average Bonchev–Trinajstić information content (AvgIpc) is 2.51. The van der Waals surface area contributed by atoms with Crippen LogP contribution in [0.5, 0.6) is 0 Å². The van der Waals surface area contributed by atoms with E-state index in [9.17, 15) is 12.9 Å². The van der Waals surface area contributed by atoms with E-state index in [4.69, 9.17) is 4.74 Å². The number of benzene rings is 2. The third kappa shape index (κ3) is 5.56. The molecule has 0 heterocycles. The van der Waals surface area contributed by atoms with E-state index < -0.39 is 13.0 Å². The molecule has 5 heteroatoms. The maximum absolute atomic E-state index is 13.1. The summed E-state index contributed by atoms with van der Waals surface area (Å²) in [6.45, 7) is -4.99. The summed E-state index contributed by atoms with van der Waals surface area (Å²) in [7, 11) is 0. The van der Waals surface area contributed by atoms with Crippen LogP contribution in [0.25, 0.3) is 0 Å². The van der Waals surface area contributed by atoms with Gasteiger partial charge in [0.15, 0.2) is 0 Å². The monoisotopic (exact) mass is 307 g/mol. The molecule has 1 atom stereocenters. The summed E-state index contributed by atoms with van der Waals surface area (Å²) in [5, 5.41) is 0. The summed E-state index contributed by atoms with van der Waals surface area (Å²) in [4.78, 5) is 0. The van der Waals surface area contributed by atoms with E-state index in [0.717, 1.165) is 11.1 Å². The zero-order chi connectivity index (χ0) is 15.8. The maximum Gasteiger partial charge on any atom is 0.506 e. The number of hydrogen-bond acceptors (Lipinski definition) is 1. The van der Waals surface area contributed by atoms with Gasteiger partial charge in [-0.05, 0) is 24.0 Å². The molecule has 1 unspecified atom stereocenters. The third-order valence-electron chi connectivity index (χ3n) is 3.53. The van der Waals surface area contributed by atoms with Gasteiger partial charge < -0.3 is 17.7 Å². The van der Waals surface area contributed by atoms with Crippen molar-refractivity contribution >= 4 is 6.98 Å². The summed E-state index contributed by atoms with van der Waals surface area (Å²) in [6, 6.07) is 16.8. The van der Waals surface area contributed by atoms with Gasteiger partial charge in [0, 0.05) is 6.00 Å². The topological polar surface area (TPSA) is 9.23 Å². The molecule has 22 heavy (non-hydrogen) atoms. The van der Waals surface area contributed by atoms with Crippen LogP contribution in [0.4, 0.5) is 12.9 Å². The number of halogens is 3. The van der Waals surface area contributed by atoms with Gasteiger partial charge in [0.1, 0.15) is 0 Å². The molecular weight excluding hydrogens is 288 g/mol. The van der Waals surface area contributed by atoms with Gasteiger partial charge in [-0.3, -0.25) is 0 Å². The first-order chi connectivity index (χ1) is 10.6. The van der Waals surface area contributed by atoms with Gasteiger partial charge in [-0.1, -0.05) is 67.1 Å². The quantitative estimate of drug-likeness (QED) is 0.625. The van der Waals surface area contributed by atoms with Crippen molar-refractivity contribution in [3.05, 3.63) is 71.8 Å². The molecule has 0 saturated heterocycles. The number of aryl methyl sites for hydroxylation is 1. The smallest absolute Gasteiger partial charge is 0.447 e. The van der Waals surface area contributed by atoms with Crippen LogP contribution in [0.15, 0.2) is 60.7 Å². The Morgan fingerprint density at radius 3 is 1.91 bits per heavy atom. The standard InChI is InChI=1S/C17H19BF3O/c19-18(20,21)17(22-14-16-10-5-2-6-11-16)13-7-12-15-8-3-1-4-9-15/h1-6,8-11,17H,7,12-14H2/q-1. The van der Waals surface area contributed by atoms with Crippen molar-refractivity contribution in [2.75, 3.05) is 0 Å². The minimum atomic E-state index is -4.99. The first kappa shape index (κ1) is 16.6. The molecule has 0 aliphatic rings. The van der Waals surface area contributed by atoms with E-state index in [1.54, 1.807) is 24.3 Å². The second kappa shape index (κ2) is 8.04. The van der Waals surface area contributed by atoms with E-state index in [2.05, 4.69) is 0 Å². The second-order valence-corrected chi connectivity index (χ2v) is 5.34. The molecule has 0 aliphatic heterocycles. The number of hydrogen-bond donors (Lipinski definition) is 0. The summed E-state index contributed by atoms with van der Waals surface area (Å²) in [6.07, 6.45) is 1.11. The minimum absolute atomic E-state index is 0.00188. The maximum atomic E-state index is 13.1. The highest BCUT2D eigenvalue weighted by Crippen LogP contribution is 2.23. The molecule has 0 fully saturated rings. The molecule has 2 rings (SSSR count). The number of rotatable bonds is 8. The van der Waals surface area contributed by atoms with E-state index in [1.807, 2.05) is 36.4 Å². The van der Waals surface area contributed by atoms with Crippen molar-refractivity contribution in [2.45, 2.75) is 31.9 Å². The third-order valence-corrected chi connectivity index (χ3v) is 3.53. The SMILES string of the molecule is F[B-](F)(F)C(CCCc1ccccc1)OCc1ccccc1. The van der Waals surface area contributed by atoms with Gasteiger partial charge in [0.25, 0.3) is 0 Å². The fraction of sp³-hybridized carbons (Fsp3) is 0.294. The molecular formula is C17H19BF3O-. The van der Waals surface area contributed by atoms with Crippen LogP contribution >= 0.6 is 0 Å². The van der Waals surface area contributed by atoms with Crippen LogP contribution in [0.3, 0.4) is 0 Å². The Kier molecular flexibility index (Phi) is 6.07. The first-order valence-electron chi connectivity index (χ1n) is 7.45. The Morgan fingerprint density at radius 1 is 0.818 bits per heavy atom. The Morgan fingerprint density at radius 2 is 1.36 bits per heavy atom. The van der Waals surface area contributed by atoms with E-state index in [-0.39, 0.29) is 13.0 Å². The highest BCUT2D eigenvalue weighted by molar-refractivity contribution is 6.60. The summed E-state index contributed by atoms with van der Waals surface area (Å²) in [5.41, 5.74) is 1.81. The predicted molar refractivity (Wildman–Crippen MR) is 83.5 cm³/mol. The molecule has 0 saturated carbocycles. The van der Waals surface area contributed by atoms with Gasteiger partial charge in [0.05, 0.1) is 6.61 Å². The Bertz CT molecular complexity index is 543. The molecule has 2 aromatic rings. The largest absolute Gasteiger partial charge is 0.506 e. The average molecular weight is 307 g/mol. The Labute approximate surface area is 129 Å². The van der Waals surface area contributed by atoms with Crippen molar-refractivity contribution in [3.63, 3.8) is 0 Å². The Balaban J connectivity index is 1.84. The van der Waals surface area contributed by atoms with Gasteiger partial charge in [0.2, 0.25) is 0 Å². The lowest BCUT2D eigenvalue weighted by Gasteiger charge is -2.27. The lowest BCUT2D eigenvalue weighted by atomic mass is 9.78. The zero-order valence-electron chi connectivity index (χ0n) is 12.3. The minimum Gasteiger partial charge on any atom is -0.447 e. The highest BCUT2D eigenvalue weighted by atomic mass is 19.4. The van der Waals surface area contributed by atoms with E-state index in [0.29, 0.717) is 12.8 Å². The molecule has 0 radical (unpaired) electrons. The van der Waals surface area contributed by atoms with Crippen molar-refractivity contribution in [2.24, 2.45) is 0 Å². The molecule has 0 spiro atoms. The van der Waals surface area contributed by atoms with Crippen LogP contribution in [0.2, 0.25) is 0 Å². The van der Waals surface area contributed by atoms with Gasteiger partial charge >= 0.3 is 6.98 Å². The van der Waals surface area contributed by atoms with Crippen LogP contribution in [0.1, 0.15) is 24.0 Å². The van der Waals surface area contributed by atoms with Crippen molar-refractivity contribution < 1.29 is 17.7 Å². The molecule has 0 aromatic heterocycles. The molecule has 0 N–H and O–H groups in total. The molecule has 1 nitrogen and oxygen atoms in total. The zero-order valence-corrected chi connectivity index (χ0v) is 12.3. The van der Waals surface area contributed by atoms with Crippen molar-refractivity contribution in [3.8, 4) is 0 Å². The van der Waals surface area contributed by atoms with Crippen LogP contribution in [0, 0.1) is 0 Å². The normalized spacial score (nSPS) is 13.0. The van der Waals surface area contributed by atoms with Gasteiger partial charge in [-0.2, -0.15) is 0 Å². The first-order valence-corrected chi connectivity index (χ1v) is 7.45. The highest BCUT2D eigenvalue weighted by Gasteiger charge is 2.35. The van der Waals surface area contributed by atoms with E-state index >= 15 is 0 Å². The van der Waals surface area contributed by atoms with Crippen molar-refractivity contribution in [1.29, 1.82) is 0 Å². The molecule has 118 valence electrons. The molecule has 2 aromatic carbocycles. The summed E-state index contributed by atoms with van der Waals surface area (Å²) < 4.78 is 44.4. The molecule has 0 amide bonds. The van der Waals surface area contributed by atoms with Crippen LogP contribution in [-0.4, -0.2) is 13.0 Å². The van der Waals surface area contributed by atoms with Gasteiger partial charge in [-0.25, -0.2) is 0 Å². The fourth-order valence-electron chi connectivity index (χ4n) is 2.31. The summed E-state index contributed by atoms with van der Waals surface area (Å²) in [5.74, 6) is 0. The predicted octanol–water partition coefficient (Wildman–Crippen LogP) is 4.98.